The van der Waals surface area contributed by atoms with E-state index in [1.807, 2.05) is 6.92 Å². The molecule has 58 valence electrons. The number of carboxylic acids is 1. The summed E-state index contributed by atoms with van der Waals surface area (Å²) in [6.07, 6.45) is 2.03. The fourth-order valence-corrected chi connectivity index (χ4v) is 0.680. The number of nitrogens with one attached hydrogen (secondary N) is 1. The maximum Gasteiger partial charge on any atom is 0.328 e. The van der Waals surface area contributed by atoms with E-state index >= 15 is 0 Å². The van der Waals surface area contributed by atoms with Crippen LogP contribution in [0.2, 0.25) is 0 Å². The number of hydrogen-bond donors (Lipinski definition) is 2. The highest BCUT2D eigenvalue weighted by molar-refractivity contribution is 5.80. The van der Waals surface area contributed by atoms with Crippen molar-refractivity contribution in [2.45, 2.75) is 13.3 Å². The third-order valence-electron chi connectivity index (χ3n) is 1.19. The van der Waals surface area contributed by atoms with Gasteiger partial charge in [-0.1, -0.05) is 6.92 Å². The van der Waals surface area contributed by atoms with Gasteiger partial charge in [-0.15, -0.1) is 0 Å². The van der Waals surface area contributed by atoms with Gasteiger partial charge in [0.2, 0.25) is 0 Å². The molecule has 0 aliphatic heterocycles. The standard InChI is InChI=1S/C7H13NO2/c1-3-6(5-8-2)4-7(9)10/h4,8H,3,5H2,1-2H3,(H,9,10)/b6-4-. The predicted molar refractivity (Wildman–Crippen MR) is 39.9 cm³/mol. The van der Waals surface area contributed by atoms with Gasteiger partial charge in [0.25, 0.3) is 0 Å². The van der Waals surface area contributed by atoms with Crippen LogP contribution in [0, 0.1) is 0 Å². The van der Waals surface area contributed by atoms with Crippen molar-refractivity contribution in [1.29, 1.82) is 0 Å². The third-order valence-corrected chi connectivity index (χ3v) is 1.19. The lowest BCUT2D eigenvalue weighted by atomic mass is 10.2. The zero-order valence-electron chi connectivity index (χ0n) is 6.35. The fourth-order valence-electron chi connectivity index (χ4n) is 0.680. The summed E-state index contributed by atoms with van der Waals surface area (Å²) in [7, 11) is 1.80. The van der Waals surface area contributed by atoms with E-state index in [4.69, 9.17) is 5.11 Å². The maximum atomic E-state index is 10.1. The topological polar surface area (TPSA) is 49.3 Å². The Labute approximate surface area is 60.7 Å². The Hall–Kier alpha value is -0.830. The van der Waals surface area contributed by atoms with Gasteiger partial charge in [-0.2, -0.15) is 0 Å². The Bertz CT molecular complexity index is 141. The molecule has 0 aromatic carbocycles. The van der Waals surface area contributed by atoms with Crippen molar-refractivity contribution in [2.24, 2.45) is 0 Å². The second-order valence-electron chi connectivity index (χ2n) is 2.02. The summed E-state index contributed by atoms with van der Waals surface area (Å²) >= 11 is 0. The molecule has 0 saturated carbocycles. The van der Waals surface area contributed by atoms with Gasteiger partial charge in [0.1, 0.15) is 0 Å². The molecule has 3 nitrogen and oxygen atoms in total. The third kappa shape index (κ3) is 4.09. The molecule has 0 amide bonds. The average Bonchev–Trinajstić information content (AvgIpc) is 1.86. The van der Waals surface area contributed by atoms with Crippen molar-refractivity contribution in [3.05, 3.63) is 11.6 Å². The molecule has 0 fully saturated rings. The first-order valence-corrected chi connectivity index (χ1v) is 3.27. The highest BCUT2D eigenvalue weighted by atomic mass is 16.4. The van der Waals surface area contributed by atoms with E-state index in [9.17, 15) is 4.79 Å². The van der Waals surface area contributed by atoms with Crippen molar-refractivity contribution in [1.82, 2.24) is 5.32 Å². The molecular formula is C7H13NO2. The molecule has 0 spiro atoms. The Morgan fingerprint density at radius 1 is 1.70 bits per heavy atom. The van der Waals surface area contributed by atoms with Crippen LogP contribution in [0.15, 0.2) is 11.6 Å². The van der Waals surface area contributed by atoms with Crippen LogP contribution < -0.4 is 5.32 Å². The van der Waals surface area contributed by atoms with Crippen molar-refractivity contribution >= 4 is 5.97 Å². The summed E-state index contributed by atoms with van der Waals surface area (Å²) in [5, 5.41) is 11.2. The highest BCUT2D eigenvalue weighted by Gasteiger charge is 1.94. The van der Waals surface area contributed by atoms with Crippen LogP contribution in [0.3, 0.4) is 0 Å². The van der Waals surface area contributed by atoms with Gasteiger partial charge >= 0.3 is 5.97 Å². The normalized spacial score (nSPS) is 11.6. The molecule has 0 rings (SSSR count). The lowest BCUT2D eigenvalue weighted by Gasteiger charge is -1.99. The SMILES string of the molecule is CC/C(=C/C(=O)O)CNC. The first-order valence-electron chi connectivity index (χ1n) is 3.27. The summed E-state index contributed by atoms with van der Waals surface area (Å²) in [5.41, 5.74) is 0.912. The lowest BCUT2D eigenvalue weighted by Crippen LogP contribution is -2.11. The van der Waals surface area contributed by atoms with Crippen molar-refractivity contribution in [3.8, 4) is 0 Å². The monoisotopic (exact) mass is 143 g/mol. The van der Waals surface area contributed by atoms with Crippen LogP contribution in [-0.4, -0.2) is 24.7 Å². The molecular weight excluding hydrogens is 130 g/mol. The first-order chi connectivity index (χ1) is 4.70. The van der Waals surface area contributed by atoms with E-state index in [1.54, 1.807) is 7.05 Å². The van der Waals surface area contributed by atoms with Gasteiger partial charge in [-0.05, 0) is 19.0 Å². The maximum absolute atomic E-state index is 10.1. The van der Waals surface area contributed by atoms with Crippen molar-refractivity contribution < 1.29 is 9.90 Å². The number of hydrogen-bond acceptors (Lipinski definition) is 2. The van der Waals surface area contributed by atoms with Gasteiger partial charge in [0.15, 0.2) is 0 Å². The van der Waals surface area contributed by atoms with Crippen molar-refractivity contribution in [2.75, 3.05) is 13.6 Å². The molecule has 0 heterocycles. The Morgan fingerprint density at radius 2 is 2.30 bits per heavy atom. The molecule has 0 atom stereocenters. The van der Waals surface area contributed by atoms with Gasteiger partial charge < -0.3 is 10.4 Å². The van der Waals surface area contributed by atoms with Crippen LogP contribution in [0.25, 0.3) is 0 Å². The number of aliphatic carboxylic acids is 1. The predicted octanol–water partition coefficient (Wildman–Crippen LogP) is 0.627. The second-order valence-corrected chi connectivity index (χ2v) is 2.02. The minimum atomic E-state index is -0.868. The highest BCUT2D eigenvalue weighted by Crippen LogP contribution is 1.96. The number of carboxylic acid groups (broad SMARTS) is 1. The fraction of sp³-hybridized carbons (Fsp3) is 0.571. The summed E-state index contributed by atoms with van der Waals surface area (Å²) in [4.78, 5) is 10.1. The molecule has 0 aliphatic carbocycles. The van der Waals surface area contributed by atoms with Crippen LogP contribution in [0.5, 0.6) is 0 Å². The molecule has 3 heteroatoms. The van der Waals surface area contributed by atoms with Crippen LogP contribution in [0.1, 0.15) is 13.3 Å². The molecule has 10 heavy (non-hydrogen) atoms. The molecule has 0 bridgehead atoms. The second kappa shape index (κ2) is 4.99. The molecule has 0 saturated heterocycles. The average molecular weight is 143 g/mol. The van der Waals surface area contributed by atoms with Crippen molar-refractivity contribution in [3.63, 3.8) is 0 Å². The lowest BCUT2D eigenvalue weighted by molar-refractivity contribution is -0.131. The largest absolute Gasteiger partial charge is 0.478 e. The van der Waals surface area contributed by atoms with Gasteiger partial charge in [0.05, 0.1) is 0 Å². The van der Waals surface area contributed by atoms with Gasteiger partial charge in [0, 0.05) is 12.6 Å². The van der Waals surface area contributed by atoms with Crippen LogP contribution in [-0.2, 0) is 4.79 Å². The zero-order valence-corrected chi connectivity index (χ0v) is 6.35. The van der Waals surface area contributed by atoms with Gasteiger partial charge in [-0.3, -0.25) is 0 Å². The molecule has 0 aromatic rings. The van der Waals surface area contributed by atoms with E-state index in [0.29, 0.717) is 6.54 Å². The molecule has 0 aliphatic rings. The van der Waals surface area contributed by atoms with E-state index in [1.165, 1.54) is 6.08 Å². The summed E-state index contributed by atoms with van der Waals surface area (Å²) in [6.45, 7) is 2.59. The van der Waals surface area contributed by atoms with E-state index in [0.717, 1.165) is 12.0 Å². The molecule has 0 radical (unpaired) electrons. The number of rotatable bonds is 4. The Balaban J connectivity index is 3.91. The molecule has 2 N–H and O–H groups in total. The van der Waals surface area contributed by atoms with Gasteiger partial charge in [-0.25, -0.2) is 4.79 Å². The summed E-state index contributed by atoms with van der Waals surface area (Å²) in [6, 6.07) is 0. The first kappa shape index (κ1) is 9.17. The molecule has 0 unspecified atom stereocenters. The van der Waals surface area contributed by atoms with E-state index < -0.39 is 5.97 Å². The minimum absolute atomic E-state index is 0.656. The smallest absolute Gasteiger partial charge is 0.328 e. The van der Waals surface area contributed by atoms with Crippen LogP contribution >= 0.6 is 0 Å². The summed E-state index contributed by atoms with van der Waals surface area (Å²) in [5.74, 6) is -0.868. The Kier molecular flexibility index (Phi) is 4.58. The van der Waals surface area contributed by atoms with Crippen LogP contribution in [0.4, 0.5) is 0 Å². The quantitative estimate of drug-likeness (QED) is 0.567. The number of carbonyl (C=O) groups is 1. The minimum Gasteiger partial charge on any atom is -0.478 e. The summed E-state index contributed by atoms with van der Waals surface area (Å²) < 4.78 is 0. The Morgan fingerprint density at radius 3 is 2.60 bits per heavy atom. The zero-order chi connectivity index (χ0) is 7.98. The van der Waals surface area contributed by atoms with E-state index in [2.05, 4.69) is 5.32 Å². The number of likely N-dealkylation sites (N-methyl/N-ethyl adjacent to an activating group) is 1. The van der Waals surface area contributed by atoms with E-state index in [-0.39, 0.29) is 0 Å². The molecule has 0 aromatic heterocycles.